The number of phenolic OH excluding ortho intramolecular Hbond substituents is 1. The SMILES string of the molecule is O=C1OC2(c3ccc(O)cc3Oc3cc(Nc4ccccc4)ccc32)c2ccccc21. The van der Waals surface area contributed by atoms with Gasteiger partial charge in [0, 0.05) is 40.2 Å². The van der Waals surface area contributed by atoms with Gasteiger partial charge in [0.15, 0.2) is 5.60 Å². The number of carbonyl (C=O) groups excluding carboxylic acids is 1. The summed E-state index contributed by atoms with van der Waals surface area (Å²) in [5.74, 6) is 0.708. The maximum Gasteiger partial charge on any atom is 0.340 e. The van der Waals surface area contributed by atoms with Crippen LogP contribution < -0.4 is 10.1 Å². The van der Waals surface area contributed by atoms with E-state index >= 15 is 0 Å². The van der Waals surface area contributed by atoms with Crippen molar-refractivity contribution in [1.82, 2.24) is 0 Å². The first-order valence-electron chi connectivity index (χ1n) is 9.96. The molecule has 1 atom stereocenters. The average molecular weight is 407 g/mol. The third-order valence-electron chi connectivity index (χ3n) is 5.76. The van der Waals surface area contributed by atoms with Crippen LogP contribution in [0.15, 0.2) is 91.0 Å². The Morgan fingerprint density at radius 3 is 2.26 bits per heavy atom. The molecule has 1 spiro atoms. The number of carbonyl (C=O) groups is 1. The number of ether oxygens (including phenoxy) is 2. The molecule has 5 heteroatoms. The van der Waals surface area contributed by atoms with Gasteiger partial charge in [-0.15, -0.1) is 0 Å². The standard InChI is InChI=1S/C26H17NO4/c28-18-11-13-22-24(15-18)30-23-14-17(27-16-6-2-1-3-7-16)10-12-21(23)26(22)20-9-5-4-8-19(20)25(29)31-26/h1-15,27-28H. The molecule has 2 aliphatic heterocycles. The van der Waals surface area contributed by atoms with Crippen molar-refractivity contribution in [3.63, 3.8) is 0 Å². The second-order valence-corrected chi connectivity index (χ2v) is 7.60. The van der Waals surface area contributed by atoms with Crippen molar-refractivity contribution in [2.24, 2.45) is 0 Å². The molecule has 4 aromatic carbocycles. The predicted molar refractivity (Wildman–Crippen MR) is 116 cm³/mol. The van der Waals surface area contributed by atoms with Crippen LogP contribution in [-0.2, 0) is 10.3 Å². The zero-order valence-electron chi connectivity index (χ0n) is 16.3. The highest BCUT2D eigenvalue weighted by molar-refractivity contribution is 5.97. The number of aromatic hydroxyl groups is 1. The van der Waals surface area contributed by atoms with E-state index in [4.69, 9.17) is 9.47 Å². The van der Waals surface area contributed by atoms with Crippen LogP contribution in [0, 0.1) is 0 Å². The summed E-state index contributed by atoms with van der Waals surface area (Å²) in [7, 11) is 0. The Bertz CT molecular complexity index is 1350. The van der Waals surface area contributed by atoms with Gasteiger partial charge in [0.1, 0.15) is 17.2 Å². The first-order valence-corrected chi connectivity index (χ1v) is 9.96. The van der Waals surface area contributed by atoms with Gasteiger partial charge in [-0.05, 0) is 42.5 Å². The summed E-state index contributed by atoms with van der Waals surface area (Å²) in [5.41, 5.74) is 3.36. The van der Waals surface area contributed by atoms with Gasteiger partial charge in [-0.2, -0.15) is 0 Å². The molecule has 0 fully saturated rings. The van der Waals surface area contributed by atoms with Crippen molar-refractivity contribution in [2.45, 2.75) is 5.60 Å². The Labute approximate surface area is 178 Å². The summed E-state index contributed by atoms with van der Waals surface area (Å²) in [6, 6.07) is 27.8. The zero-order chi connectivity index (χ0) is 21.0. The van der Waals surface area contributed by atoms with E-state index in [0.29, 0.717) is 22.6 Å². The summed E-state index contributed by atoms with van der Waals surface area (Å²) < 4.78 is 12.3. The molecular weight excluding hydrogens is 390 g/mol. The lowest BCUT2D eigenvalue weighted by Crippen LogP contribution is -2.33. The van der Waals surface area contributed by atoms with Gasteiger partial charge in [0.25, 0.3) is 0 Å². The Balaban J connectivity index is 1.56. The number of benzene rings is 4. The van der Waals surface area contributed by atoms with Crippen LogP contribution in [-0.4, -0.2) is 11.1 Å². The van der Waals surface area contributed by atoms with Crippen molar-refractivity contribution in [3.05, 3.63) is 113 Å². The van der Waals surface area contributed by atoms with E-state index in [-0.39, 0.29) is 11.7 Å². The molecule has 0 saturated heterocycles. The summed E-state index contributed by atoms with van der Waals surface area (Å²) in [6.07, 6.45) is 0. The van der Waals surface area contributed by atoms with Crippen LogP contribution in [0.25, 0.3) is 0 Å². The van der Waals surface area contributed by atoms with Crippen LogP contribution in [0.5, 0.6) is 17.2 Å². The van der Waals surface area contributed by atoms with E-state index < -0.39 is 5.60 Å². The number of phenols is 1. The third-order valence-corrected chi connectivity index (χ3v) is 5.76. The third kappa shape index (κ3) is 2.53. The molecule has 2 N–H and O–H groups in total. The molecule has 0 aromatic heterocycles. The fraction of sp³-hybridized carbons (Fsp3) is 0.0385. The smallest absolute Gasteiger partial charge is 0.340 e. The number of anilines is 2. The summed E-state index contributed by atoms with van der Waals surface area (Å²) >= 11 is 0. The van der Waals surface area contributed by atoms with Gasteiger partial charge in [-0.1, -0.05) is 36.4 Å². The van der Waals surface area contributed by atoms with Crippen LogP contribution >= 0.6 is 0 Å². The Kier molecular flexibility index (Phi) is 3.62. The Morgan fingerprint density at radius 2 is 1.42 bits per heavy atom. The molecule has 0 bridgehead atoms. The lowest BCUT2D eigenvalue weighted by atomic mass is 9.77. The maximum absolute atomic E-state index is 12.8. The van der Waals surface area contributed by atoms with Crippen molar-refractivity contribution in [1.29, 1.82) is 0 Å². The van der Waals surface area contributed by atoms with Gasteiger partial charge >= 0.3 is 5.97 Å². The molecule has 4 aromatic rings. The molecule has 150 valence electrons. The number of hydrogen-bond acceptors (Lipinski definition) is 5. The van der Waals surface area contributed by atoms with Crippen molar-refractivity contribution in [3.8, 4) is 17.2 Å². The van der Waals surface area contributed by atoms with Crippen LogP contribution in [0.1, 0.15) is 27.0 Å². The highest BCUT2D eigenvalue weighted by Gasteiger charge is 2.53. The fourth-order valence-electron chi connectivity index (χ4n) is 4.43. The Hall–Kier alpha value is -4.25. The molecule has 6 rings (SSSR count). The molecule has 1 unspecified atom stereocenters. The largest absolute Gasteiger partial charge is 0.508 e. The van der Waals surface area contributed by atoms with E-state index in [9.17, 15) is 9.90 Å². The normalized spacial score (nSPS) is 17.9. The van der Waals surface area contributed by atoms with Gasteiger partial charge in [-0.3, -0.25) is 0 Å². The average Bonchev–Trinajstić information content (AvgIpc) is 3.07. The minimum atomic E-state index is -1.13. The maximum atomic E-state index is 12.8. The molecule has 2 aliphatic rings. The summed E-state index contributed by atoms with van der Waals surface area (Å²) in [4.78, 5) is 12.8. The van der Waals surface area contributed by atoms with Crippen molar-refractivity contribution >= 4 is 17.3 Å². The number of hydrogen-bond donors (Lipinski definition) is 2. The van der Waals surface area contributed by atoms with E-state index in [2.05, 4.69) is 5.32 Å². The van der Waals surface area contributed by atoms with Crippen LogP contribution in [0.2, 0.25) is 0 Å². The van der Waals surface area contributed by atoms with Gasteiger partial charge in [0.2, 0.25) is 0 Å². The second kappa shape index (κ2) is 6.37. The Morgan fingerprint density at radius 1 is 0.710 bits per heavy atom. The van der Waals surface area contributed by atoms with Gasteiger partial charge in [-0.25, -0.2) is 4.79 Å². The van der Waals surface area contributed by atoms with Crippen LogP contribution in [0.3, 0.4) is 0 Å². The first-order chi connectivity index (χ1) is 15.1. The van der Waals surface area contributed by atoms with Gasteiger partial charge in [0.05, 0.1) is 5.56 Å². The summed E-state index contributed by atoms with van der Waals surface area (Å²) in [6.45, 7) is 0. The monoisotopic (exact) mass is 407 g/mol. The lowest BCUT2D eigenvalue weighted by molar-refractivity contribution is 0.0224. The van der Waals surface area contributed by atoms with Gasteiger partial charge < -0.3 is 19.9 Å². The van der Waals surface area contributed by atoms with Crippen LogP contribution in [0.4, 0.5) is 11.4 Å². The molecule has 2 heterocycles. The lowest BCUT2D eigenvalue weighted by Gasteiger charge is -2.36. The molecule has 0 saturated carbocycles. The molecule has 31 heavy (non-hydrogen) atoms. The molecule has 0 amide bonds. The van der Waals surface area contributed by atoms with E-state index in [1.54, 1.807) is 24.3 Å². The van der Waals surface area contributed by atoms with Crippen molar-refractivity contribution < 1.29 is 19.4 Å². The minimum Gasteiger partial charge on any atom is -0.508 e. The number of esters is 1. The first kappa shape index (κ1) is 17.6. The highest BCUT2D eigenvalue weighted by Crippen LogP contribution is 2.56. The second-order valence-electron chi connectivity index (χ2n) is 7.60. The topological polar surface area (TPSA) is 67.8 Å². The molecule has 0 aliphatic carbocycles. The number of nitrogens with one attached hydrogen (secondary N) is 1. The number of para-hydroxylation sites is 1. The molecular formula is C26H17NO4. The minimum absolute atomic E-state index is 0.0773. The van der Waals surface area contributed by atoms with E-state index in [1.807, 2.05) is 66.7 Å². The zero-order valence-corrected chi connectivity index (χ0v) is 16.3. The quantitative estimate of drug-likeness (QED) is 0.417. The fourth-order valence-corrected chi connectivity index (χ4v) is 4.43. The van der Waals surface area contributed by atoms with E-state index in [0.717, 1.165) is 22.5 Å². The highest BCUT2D eigenvalue weighted by atomic mass is 16.6. The van der Waals surface area contributed by atoms with E-state index in [1.165, 1.54) is 0 Å². The number of fused-ring (bicyclic) bond motifs is 6. The molecule has 0 radical (unpaired) electrons. The number of rotatable bonds is 2. The molecule has 5 nitrogen and oxygen atoms in total. The predicted octanol–water partition coefficient (Wildman–Crippen LogP) is 5.70. The summed E-state index contributed by atoms with van der Waals surface area (Å²) in [5, 5.41) is 13.4. The van der Waals surface area contributed by atoms with Crippen molar-refractivity contribution in [2.75, 3.05) is 5.32 Å².